The number of fused-ring (bicyclic) bond motifs is 1. The maximum Gasteiger partial charge on any atom is 0.221 e. The van der Waals surface area contributed by atoms with Crippen molar-refractivity contribution >= 4 is 22.8 Å². The van der Waals surface area contributed by atoms with E-state index < -0.39 is 0 Å². The van der Waals surface area contributed by atoms with Gasteiger partial charge in [0.25, 0.3) is 0 Å². The van der Waals surface area contributed by atoms with E-state index in [1.807, 2.05) is 46.3 Å². The zero-order valence-electron chi connectivity index (χ0n) is 8.33. The first-order valence-corrected chi connectivity index (χ1v) is 5.74. The highest BCUT2D eigenvalue weighted by molar-refractivity contribution is 7.12. The minimum Gasteiger partial charge on any atom is -0.297 e. The Kier molecular flexibility index (Phi) is 2.08. The molecule has 0 saturated carbocycles. The van der Waals surface area contributed by atoms with E-state index in [0.717, 1.165) is 10.5 Å². The molecule has 0 aliphatic carbocycles. The van der Waals surface area contributed by atoms with Crippen LogP contribution in [-0.2, 0) is 0 Å². The third-order valence-electron chi connectivity index (χ3n) is 2.39. The van der Waals surface area contributed by atoms with Crippen molar-refractivity contribution in [2.75, 3.05) is 0 Å². The van der Waals surface area contributed by atoms with Crippen LogP contribution in [0.4, 0.5) is 0 Å². The zero-order valence-corrected chi connectivity index (χ0v) is 9.15. The van der Waals surface area contributed by atoms with Crippen LogP contribution in [0.5, 0.6) is 0 Å². The average molecular weight is 228 g/mol. The van der Waals surface area contributed by atoms with Crippen molar-refractivity contribution in [3.8, 4) is 0 Å². The van der Waals surface area contributed by atoms with E-state index in [2.05, 4.69) is 4.98 Å². The molecule has 0 N–H and O–H groups in total. The smallest absolute Gasteiger partial charge is 0.221 e. The van der Waals surface area contributed by atoms with Gasteiger partial charge in [-0.05, 0) is 23.6 Å². The molecule has 16 heavy (non-hydrogen) atoms. The summed E-state index contributed by atoms with van der Waals surface area (Å²) in [6.07, 6.45) is 3.47. The van der Waals surface area contributed by atoms with Gasteiger partial charge in [-0.1, -0.05) is 12.1 Å². The molecule has 3 nitrogen and oxygen atoms in total. The van der Waals surface area contributed by atoms with E-state index in [1.165, 1.54) is 11.3 Å². The Morgan fingerprint density at radius 3 is 3.00 bits per heavy atom. The minimum atomic E-state index is 0.0219. The number of hydrogen-bond acceptors (Lipinski definition) is 3. The molecule has 3 aromatic rings. The topological polar surface area (TPSA) is 34.4 Å². The Labute approximate surface area is 96.0 Å². The number of aromatic nitrogens is 2. The second-order valence-electron chi connectivity index (χ2n) is 3.38. The molecule has 0 aliphatic heterocycles. The normalized spacial score (nSPS) is 10.8. The van der Waals surface area contributed by atoms with Crippen molar-refractivity contribution in [2.24, 2.45) is 0 Å². The largest absolute Gasteiger partial charge is 0.297 e. The van der Waals surface area contributed by atoms with Crippen LogP contribution < -0.4 is 0 Å². The summed E-state index contributed by atoms with van der Waals surface area (Å²) >= 11 is 1.45. The van der Waals surface area contributed by atoms with Crippen LogP contribution in [0.3, 0.4) is 0 Å². The van der Waals surface area contributed by atoms with E-state index in [1.54, 1.807) is 6.20 Å². The quantitative estimate of drug-likeness (QED) is 0.632. The summed E-state index contributed by atoms with van der Waals surface area (Å²) < 4.78 is 1.81. The highest BCUT2D eigenvalue weighted by atomic mass is 32.1. The van der Waals surface area contributed by atoms with E-state index in [-0.39, 0.29) is 5.78 Å². The van der Waals surface area contributed by atoms with Gasteiger partial charge in [0, 0.05) is 6.20 Å². The molecular formula is C12H8N2OS. The molecule has 3 rings (SSSR count). The second-order valence-corrected chi connectivity index (χ2v) is 4.33. The Bertz CT molecular complexity index is 640. The van der Waals surface area contributed by atoms with Gasteiger partial charge in [-0.15, -0.1) is 11.3 Å². The number of hydrogen-bond donors (Lipinski definition) is 0. The number of ketones is 1. The highest BCUT2D eigenvalue weighted by Gasteiger charge is 2.14. The molecule has 0 unspecified atom stereocenters. The van der Waals surface area contributed by atoms with Crippen molar-refractivity contribution in [1.29, 1.82) is 0 Å². The lowest BCUT2D eigenvalue weighted by molar-refractivity contribution is 0.103. The molecule has 0 amide bonds. The van der Waals surface area contributed by atoms with Gasteiger partial charge < -0.3 is 0 Å². The number of rotatable bonds is 2. The fourth-order valence-corrected chi connectivity index (χ4v) is 2.31. The number of carbonyl (C=O) groups is 1. The van der Waals surface area contributed by atoms with Gasteiger partial charge >= 0.3 is 0 Å². The predicted molar refractivity (Wildman–Crippen MR) is 62.9 cm³/mol. The van der Waals surface area contributed by atoms with E-state index in [9.17, 15) is 4.79 Å². The van der Waals surface area contributed by atoms with Gasteiger partial charge in [-0.3, -0.25) is 9.20 Å². The lowest BCUT2D eigenvalue weighted by atomic mass is 10.2. The molecule has 78 valence electrons. The van der Waals surface area contributed by atoms with Crippen molar-refractivity contribution in [1.82, 2.24) is 9.38 Å². The Hall–Kier alpha value is -1.94. The lowest BCUT2D eigenvalue weighted by Gasteiger charge is -1.97. The lowest BCUT2D eigenvalue weighted by Crippen LogP contribution is -2.02. The third kappa shape index (κ3) is 1.35. The molecule has 0 bridgehead atoms. The van der Waals surface area contributed by atoms with Gasteiger partial charge in [0.1, 0.15) is 11.3 Å². The van der Waals surface area contributed by atoms with Crippen molar-refractivity contribution < 1.29 is 4.79 Å². The van der Waals surface area contributed by atoms with Crippen LogP contribution in [0.1, 0.15) is 15.4 Å². The maximum atomic E-state index is 12.1. The Balaban J connectivity index is 2.16. The van der Waals surface area contributed by atoms with E-state index in [4.69, 9.17) is 0 Å². The van der Waals surface area contributed by atoms with Crippen molar-refractivity contribution in [3.05, 3.63) is 58.7 Å². The maximum absolute atomic E-state index is 12.1. The summed E-state index contributed by atoms with van der Waals surface area (Å²) in [6, 6.07) is 9.38. The van der Waals surface area contributed by atoms with Crippen LogP contribution in [-0.4, -0.2) is 15.2 Å². The van der Waals surface area contributed by atoms with Crippen molar-refractivity contribution in [3.63, 3.8) is 0 Å². The third-order valence-corrected chi connectivity index (χ3v) is 3.26. The summed E-state index contributed by atoms with van der Waals surface area (Å²) in [5, 5.41) is 1.90. The fraction of sp³-hybridized carbons (Fsp3) is 0. The zero-order chi connectivity index (χ0) is 11.0. The SMILES string of the molecule is O=C(c1cccs1)c1cnc2ccccn12. The van der Waals surface area contributed by atoms with Crippen LogP contribution >= 0.6 is 11.3 Å². The number of thiophene rings is 1. The molecule has 3 heterocycles. The molecule has 0 spiro atoms. The van der Waals surface area contributed by atoms with Crippen LogP contribution in [0.2, 0.25) is 0 Å². The van der Waals surface area contributed by atoms with E-state index in [0.29, 0.717) is 5.69 Å². The molecular weight excluding hydrogens is 220 g/mol. The molecule has 4 heteroatoms. The molecule has 0 aromatic carbocycles. The Morgan fingerprint density at radius 2 is 2.19 bits per heavy atom. The first-order valence-electron chi connectivity index (χ1n) is 4.86. The molecule has 0 aliphatic rings. The molecule has 0 saturated heterocycles. The number of pyridine rings is 1. The Morgan fingerprint density at radius 1 is 1.25 bits per heavy atom. The molecule has 3 aromatic heterocycles. The summed E-state index contributed by atoms with van der Waals surface area (Å²) in [7, 11) is 0. The van der Waals surface area contributed by atoms with Crippen LogP contribution in [0.15, 0.2) is 48.1 Å². The van der Waals surface area contributed by atoms with Gasteiger partial charge in [-0.2, -0.15) is 0 Å². The summed E-state index contributed by atoms with van der Waals surface area (Å²) in [5.74, 6) is 0.0219. The standard InChI is InChI=1S/C12H8N2OS/c15-12(10-4-3-7-16-10)9-8-13-11-5-1-2-6-14(9)11/h1-8H. The van der Waals surface area contributed by atoms with Gasteiger partial charge in [0.05, 0.1) is 11.1 Å². The number of nitrogens with zero attached hydrogens (tertiary/aromatic N) is 2. The van der Waals surface area contributed by atoms with E-state index >= 15 is 0 Å². The van der Waals surface area contributed by atoms with Crippen LogP contribution in [0, 0.1) is 0 Å². The molecule has 0 radical (unpaired) electrons. The predicted octanol–water partition coefficient (Wildman–Crippen LogP) is 2.63. The molecule has 0 fully saturated rings. The first-order chi connectivity index (χ1) is 7.86. The average Bonchev–Trinajstić information content (AvgIpc) is 2.98. The summed E-state index contributed by atoms with van der Waals surface area (Å²) in [5.41, 5.74) is 1.40. The van der Waals surface area contributed by atoms with Crippen molar-refractivity contribution in [2.45, 2.75) is 0 Å². The summed E-state index contributed by atoms with van der Waals surface area (Å²) in [6.45, 7) is 0. The minimum absolute atomic E-state index is 0.0219. The number of carbonyl (C=O) groups excluding carboxylic acids is 1. The summed E-state index contributed by atoms with van der Waals surface area (Å²) in [4.78, 5) is 17.1. The highest BCUT2D eigenvalue weighted by Crippen LogP contribution is 2.16. The van der Waals surface area contributed by atoms with Gasteiger partial charge in [0.2, 0.25) is 5.78 Å². The monoisotopic (exact) mass is 228 g/mol. The van der Waals surface area contributed by atoms with Gasteiger partial charge in [0.15, 0.2) is 0 Å². The fourth-order valence-electron chi connectivity index (χ4n) is 1.63. The second kappa shape index (κ2) is 3.57. The van der Waals surface area contributed by atoms with Gasteiger partial charge in [-0.25, -0.2) is 4.98 Å². The van der Waals surface area contributed by atoms with Crippen LogP contribution in [0.25, 0.3) is 5.65 Å². The first kappa shape index (κ1) is 9.30. The number of imidazole rings is 1. The molecule has 0 atom stereocenters.